The van der Waals surface area contributed by atoms with Crippen LogP contribution < -0.4 is 9.47 Å². The Labute approximate surface area is 167 Å². The molecule has 0 aliphatic heterocycles. The average Bonchev–Trinajstić information content (AvgIpc) is 2.72. The predicted octanol–water partition coefficient (Wildman–Crippen LogP) is 4.80. The normalized spacial score (nSPS) is 10.2. The van der Waals surface area contributed by atoms with Crippen molar-refractivity contribution in [2.45, 2.75) is 40.2 Å². The Kier molecular flexibility index (Phi) is 8.36. The molecule has 0 aliphatic rings. The number of nitrogens with zero attached hydrogens (tertiary/aromatic N) is 2. The molecule has 0 aromatic heterocycles. The van der Waals surface area contributed by atoms with Crippen molar-refractivity contribution in [3.8, 4) is 17.6 Å². The maximum Gasteiger partial charge on any atom is 0.254 e. The molecule has 0 radical (unpaired) electrons. The zero-order valence-electron chi connectivity index (χ0n) is 16.9. The summed E-state index contributed by atoms with van der Waals surface area (Å²) < 4.78 is 11.5. The zero-order valence-corrected chi connectivity index (χ0v) is 16.9. The van der Waals surface area contributed by atoms with E-state index in [2.05, 4.69) is 13.0 Å². The molecule has 0 heterocycles. The van der Waals surface area contributed by atoms with E-state index < -0.39 is 0 Å². The predicted molar refractivity (Wildman–Crippen MR) is 110 cm³/mol. The van der Waals surface area contributed by atoms with E-state index in [1.807, 2.05) is 36.9 Å². The molecule has 5 nitrogen and oxygen atoms in total. The lowest BCUT2D eigenvalue weighted by atomic mass is 10.1. The molecule has 2 rings (SSSR count). The Bertz CT molecular complexity index is 810. The molecule has 0 atom stereocenters. The van der Waals surface area contributed by atoms with Crippen molar-refractivity contribution < 1.29 is 14.3 Å². The van der Waals surface area contributed by atoms with Crippen LogP contribution in [0.1, 0.15) is 55.1 Å². The first-order valence-electron chi connectivity index (χ1n) is 9.80. The van der Waals surface area contributed by atoms with Gasteiger partial charge in [-0.15, -0.1) is 0 Å². The van der Waals surface area contributed by atoms with Gasteiger partial charge in [-0.1, -0.05) is 19.9 Å². The molecule has 0 spiro atoms. The highest BCUT2D eigenvalue weighted by Gasteiger charge is 2.17. The Morgan fingerprint density at radius 1 is 1.00 bits per heavy atom. The molecule has 0 bridgehead atoms. The largest absolute Gasteiger partial charge is 0.490 e. The molecule has 1 amide bonds. The maximum atomic E-state index is 12.9. The van der Waals surface area contributed by atoms with Crippen LogP contribution in [0.2, 0.25) is 0 Å². The van der Waals surface area contributed by atoms with Gasteiger partial charge in [-0.05, 0) is 61.7 Å². The van der Waals surface area contributed by atoms with Crippen molar-refractivity contribution in [2.24, 2.45) is 0 Å². The highest BCUT2D eigenvalue weighted by atomic mass is 16.5. The van der Waals surface area contributed by atoms with Gasteiger partial charge in [-0.25, -0.2) is 0 Å². The number of hydrogen-bond donors (Lipinski definition) is 0. The number of carbonyl (C=O) groups excluding carboxylic acids is 1. The van der Waals surface area contributed by atoms with Gasteiger partial charge in [-0.2, -0.15) is 5.26 Å². The van der Waals surface area contributed by atoms with Crippen LogP contribution in [0.15, 0.2) is 42.5 Å². The molecule has 2 aromatic rings. The molecule has 0 aliphatic carbocycles. The second-order valence-corrected chi connectivity index (χ2v) is 6.48. The molecule has 0 fully saturated rings. The van der Waals surface area contributed by atoms with Gasteiger partial charge in [0.1, 0.15) is 0 Å². The molecule has 0 N–H and O–H groups in total. The van der Waals surface area contributed by atoms with Gasteiger partial charge in [0.2, 0.25) is 0 Å². The summed E-state index contributed by atoms with van der Waals surface area (Å²) in [5.74, 6) is 1.39. The van der Waals surface area contributed by atoms with Crippen LogP contribution in [0.4, 0.5) is 0 Å². The standard InChI is InChI=1S/C23H28N2O3/c1-4-13-25(23(26)20-10-7-18(16-24)8-11-20)17-19-9-12-21(28-14-5-2)22(15-19)27-6-3/h7-12,15H,4-6,13-14,17H2,1-3H3. The minimum absolute atomic E-state index is 0.0457. The van der Waals surface area contributed by atoms with Crippen LogP contribution in [-0.2, 0) is 6.54 Å². The minimum Gasteiger partial charge on any atom is -0.490 e. The lowest BCUT2D eigenvalue weighted by molar-refractivity contribution is 0.0743. The Morgan fingerprint density at radius 3 is 2.36 bits per heavy atom. The molecule has 0 unspecified atom stereocenters. The SMILES string of the molecule is CCCOc1ccc(CN(CCC)C(=O)c2ccc(C#N)cc2)cc1OCC. The smallest absolute Gasteiger partial charge is 0.254 e. The van der Waals surface area contributed by atoms with Crippen LogP contribution >= 0.6 is 0 Å². The van der Waals surface area contributed by atoms with Crippen LogP contribution in [-0.4, -0.2) is 30.6 Å². The van der Waals surface area contributed by atoms with E-state index in [-0.39, 0.29) is 5.91 Å². The molecule has 148 valence electrons. The van der Waals surface area contributed by atoms with Crippen LogP contribution in [0.3, 0.4) is 0 Å². The lowest BCUT2D eigenvalue weighted by Gasteiger charge is -2.23. The third-order valence-electron chi connectivity index (χ3n) is 4.18. The molecule has 5 heteroatoms. The number of ether oxygens (including phenoxy) is 2. The molecule has 2 aromatic carbocycles. The van der Waals surface area contributed by atoms with Crippen LogP contribution in [0.25, 0.3) is 0 Å². The molecular formula is C23H28N2O3. The number of rotatable bonds is 10. The topological polar surface area (TPSA) is 62.6 Å². The van der Waals surface area contributed by atoms with Crippen LogP contribution in [0.5, 0.6) is 11.5 Å². The Morgan fingerprint density at radius 2 is 1.75 bits per heavy atom. The second-order valence-electron chi connectivity index (χ2n) is 6.48. The molecule has 0 saturated carbocycles. The monoisotopic (exact) mass is 380 g/mol. The summed E-state index contributed by atoms with van der Waals surface area (Å²) in [5.41, 5.74) is 2.12. The number of carbonyl (C=O) groups is 1. The van der Waals surface area contributed by atoms with Gasteiger partial charge in [0.05, 0.1) is 24.8 Å². The van der Waals surface area contributed by atoms with Gasteiger partial charge in [0.15, 0.2) is 11.5 Å². The lowest BCUT2D eigenvalue weighted by Crippen LogP contribution is -2.31. The van der Waals surface area contributed by atoms with E-state index in [0.29, 0.717) is 43.2 Å². The van der Waals surface area contributed by atoms with E-state index >= 15 is 0 Å². The summed E-state index contributed by atoms with van der Waals surface area (Å²) in [7, 11) is 0. The fourth-order valence-corrected chi connectivity index (χ4v) is 2.86. The van der Waals surface area contributed by atoms with Gasteiger partial charge >= 0.3 is 0 Å². The number of benzene rings is 2. The fraction of sp³-hybridized carbons (Fsp3) is 0.391. The zero-order chi connectivity index (χ0) is 20.4. The van der Waals surface area contributed by atoms with E-state index in [1.165, 1.54) is 0 Å². The highest BCUT2D eigenvalue weighted by Crippen LogP contribution is 2.29. The minimum atomic E-state index is -0.0457. The molecule has 0 saturated heterocycles. The highest BCUT2D eigenvalue weighted by molar-refractivity contribution is 5.94. The first kappa shape index (κ1) is 21.3. The first-order chi connectivity index (χ1) is 13.6. The molecular weight excluding hydrogens is 352 g/mol. The van der Waals surface area contributed by atoms with Gasteiger partial charge < -0.3 is 14.4 Å². The number of amides is 1. The van der Waals surface area contributed by atoms with Crippen molar-refractivity contribution in [1.82, 2.24) is 4.90 Å². The van der Waals surface area contributed by atoms with Crippen molar-refractivity contribution in [1.29, 1.82) is 5.26 Å². The fourth-order valence-electron chi connectivity index (χ4n) is 2.86. The third-order valence-corrected chi connectivity index (χ3v) is 4.18. The summed E-state index contributed by atoms with van der Waals surface area (Å²) in [6, 6.07) is 14.7. The van der Waals surface area contributed by atoms with E-state index in [4.69, 9.17) is 14.7 Å². The van der Waals surface area contributed by atoms with E-state index in [9.17, 15) is 4.79 Å². The van der Waals surface area contributed by atoms with Crippen LogP contribution in [0, 0.1) is 11.3 Å². The summed E-state index contributed by atoms with van der Waals surface area (Å²) in [4.78, 5) is 14.8. The second kappa shape index (κ2) is 11.0. The van der Waals surface area contributed by atoms with Gasteiger partial charge in [0.25, 0.3) is 5.91 Å². The quantitative estimate of drug-likeness (QED) is 0.594. The van der Waals surface area contributed by atoms with Crippen molar-refractivity contribution in [3.63, 3.8) is 0 Å². The van der Waals surface area contributed by atoms with Gasteiger partial charge in [-0.3, -0.25) is 4.79 Å². The third kappa shape index (κ3) is 5.75. The number of nitriles is 1. The van der Waals surface area contributed by atoms with Crippen molar-refractivity contribution >= 4 is 5.91 Å². The molecule has 28 heavy (non-hydrogen) atoms. The summed E-state index contributed by atoms with van der Waals surface area (Å²) in [6.45, 7) is 8.37. The summed E-state index contributed by atoms with van der Waals surface area (Å²) >= 11 is 0. The van der Waals surface area contributed by atoms with E-state index in [0.717, 1.165) is 24.2 Å². The van der Waals surface area contributed by atoms with Gasteiger partial charge in [0, 0.05) is 18.7 Å². The Hall–Kier alpha value is -3.00. The van der Waals surface area contributed by atoms with Crippen molar-refractivity contribution in [2.75, 3.05) is 19.8 Å². The average molecular weight is 380 g/mol. The number of hydrogen-bond acceptors (Lipinski definition) is 4. The summed E-state index contributed by atoms with van der Waals surface area (Å²) in [6.07, 6.45) is 1.79. The first-order valence-corrected chi connectivity index (χ1v) is 9.80. The Balaban J connectivity index is 2.21. The summed E-state index contributed by atoms with van der Waals surface area (Å²) in [5, 5.41) is 8.93. The van der Waals surface area contributed by atoms with Crippen molar-refractivity contribution in [3.05, 3.63) is 59.2 Å². The van der Waals surface area contributed by atoms with E-state index in [1.54, 1.807) is 24.3 Å². The maximum absolute atomic E-state index is 12.9.